The predicted octanol–water partition coefficient (Wildman–Crippen LogP) is 2.78. The van der Waals surface area contributed by atoms with Gasteiger partial charge in [0, 0.05) is 24.4 Å². The second-order valence-electron chi connectivity index (χ2n) is 6.06. The molecule has 2 heterocycles. The van der Waals surface area contributed by atoms with Gasteiger partial charge in [0.05, 0.1) is 6.54 Å². The molecule has 3 rings (SSSR count). The van der Waals surface area contributed by atoms with Gasteiger partial charge >= 0.3 is 0 Å². The van der Waals surface area contributed by atoms with Gasteiger partial charge in [0.2, 0.25) is 5.88 Å². The van der Waals surface area contributed by atoms with Crippen molar-refractivity contribution in [2.45, 2.75) is 32.8 Å². The Kier molecular flexibility index (Phi) is 4.55. The molecule has 1 atom stereocenters. The maximum atomic E-state index is 12.7. The molecule has 1 saturated heterocycles. The Balaban J connectivity index is 1.69. The first-order valence-electron chi connectivity index (χ1n) is 7.92. The summed E-state index contributed by atoms with van der Waals surface area (Å²) >= 11 is 0. The molecular weight excluding hydrogens is 290 g/mol. The summed E-state index contributed by atoms with van der Waals surface area (Å²) < 4.78 is 5.87. The highest BCUT2D eigenvalue weighted by Crippen LogP contribution is 2.19. The van der Waals surface area contributed by atoms with Crippen molar-refractivity contribution in [2.24, 2.45) is 0 Å². The van der Waals surface area contributed by atoms with Gasteiger partial charge in [0.15, 0.2) is 0 Å². The molecule has 0 saturated carbocycles. The van der Waals surface area contributed by atoms with Crippen molar-refractivity contribution in [3.8, 4) is 5.88 Å². The first-order chi connectivity index (χ1) is 11.1. The lowest BCUT2D eigenvalue weighted by molar-refractivity contribution is 0.0527. The summed E-state index contributed by atoms with van der Waals surface area (Å²) in [7, 11) is 0. The number of aryl methyl sites for hydroxylation is 2. The molecule has 1 amide bonds. The summed E-state index contributed by atoms with van der Waals surface area (Å²) in [6, 6.07) is 7.72. The fourth-order valence-corrected chi connectivity index (χ4v) is 3.02. The van der Waals surface area contributed by atoms with E-state index in [9.17, 15) is 4.79 Å². The number of ether oxygens (including phenoxy) is 1. The number of hydrogen-bond acceptors (Lipinski definition) is 4. The van der Waals surface area contributed by atoms with E-state index in [1.165, 1.54) is 6.33 Å². The average Bonchev–Trinajstić information content (AvgIpc) is 2.54. The summed E-state index contributed by atoms with van der Waals surface area (Å²) in [4.78, 5) is 22.6. The zero-order chi connectivity index (χ0) is 16.2. The molecule has 120 valence electrons. The molecule has 5 heteroatoms. The summed E-state index contributed by atoms with van der Waals surface area (Å²) in [6.45, 7) is 5.40. The maximum Gasteiger partial charge on any atom is 0.253 e. The quantitative estimate of drug-likeness (QED) is 0.874. The third kappa shape index (κ3) is 3.86. The van der Waals surface area contributed by atoms with Gasteiger partial charge in [-0.1, -0.05) is 17.2 Å². The topological polar surface area (TPSA) is 55.3 Å². The molecule has 5 nitrogen and oxygen atoms in total. The number of likely N-dealkylation sites (tertiary alicyclic amines) is 1. The zero-order valence-electron chi connectivity index (χ0n) is 13.5. The molecule has 0 bridgehead atoms. The molecule has 0 aliphatic carbocycles. The highest BCUT2D eigenvalue weighted by atomic mass is 16.5. The normalized spacial score (nSPS) is 17.8. The van der Waals surface area contributed by atoms with E-state index < -0.39 is 0 Å². The molecular formula is C18H21N3O2. The number of rotatable bonds is 3. The van der Waals surface area contributed by atoms with E-state index in [1.807, 2.05) is 30.9 Å². The third-order valence-electron chi connectivity index (χ3n) is 3.98. The van der Waals surface area contributed by atoms with Crippen LogP contribution in [0.5, 0.6) is 5.88 Å². The van der Waals surface area contributed by atoms with Crippen LogP contribution in [0, 0.1) is 13.8 Å². The zero-order valence-corrected chi connectivity index (χ0v) is 13.5. The van der Waals surface area contributed by atoms with E-state index in [0.29, 0.717) is 12.4 Å². The van der Waals surface area contributed by atoms with E-state index in [0.717, 1.165) is 36.1 Å². The average molecular weight is 311 g/mol. The van der Waals surface area contributed by atoms with Gasteiger partial charge in [-0.15, -0.1) is 0 Å². The van der Waals surface area contributed by atoms with Crippen LogP contribution in [0.25, 0.3) is 0 Å². The Morgan fingerprint density at radius 2 is 2.04 bits per heavy atom. The van der Waals surface area contributed by atoms with Crippen LogP contribution in [-0.2, 0) is 0 Å². The highest BCUT2D eigenvalue weighted by molar-refractivity contribution is 5.94. The number of carbonyl (C=O) groups excluding carboxylic acids is 1. The molecule has 2 aromatic rings. The van der Waals surface area contributed by atoms with Crippen molar-refractivity contribution in [3.63, 3.8) is 0 Å². The van der Waals surface area contributed by atoms with Crippen LogP contribution in [0.4, 0.5) is 0 Å². The van der Waals surface area contributed by atoms with Crippen LogP contribution in [0.1, 0.15) is 34.3 Å². The Bertz CT molecular complexity index is 668. The highest BCUT2D eigenvalue weighted by Gasteiger charge is 2.26. The lowest BCUT2D eigenvalue weighted by Gasteiger charge is -2.32. The fraction of sp³-hybridized carbons (Fsp3) is 0.389. The molecule has 0 N–H and O–H groups in total. The maximum absolute atomic E-state index is 12.7. The standard InChI is InChI=1S/C18H21N3O2/c1-13-8-14(2)10-15(9-13)18(22)21-7-3-4-16(11-21)23-17-5-6-19-12-20-17/h5-6,8-10,12,16H,3-4,7,11H2,1-2H3. The van der Waals surface area contributed by atoms with Gasteiger partial charge in [-0.05, 0) is 38.8 Å². The van der Waals surface area contributed by atoms with Crippen molar-refractivity contribution < 1.29 is 9.53 Å². The van der Waals surface area contributed by atoms with Crippen LogP contribution in [-0.4, -0.2) is 40.0 Å². The summed E-state index contributed by atoms with van der Waals surface area (Å²) in [6.07, 6.45) is 4.97. The third-order valence-corrected chi connectivity index (χ3v) is 3.98. The van der Waals surface area contributed by atoms with Gasteiger partial charge in [-0.3, -0.25) is 4.79 Å². The van der Waals surface area contributed by atoms with Gasteiger partial charge < -0.3 is 9.64 Å². The molecule has 0 spiro atoms. The monoisotopic (exact) mass is 311 g/mol. The number of amides is 1. The summed E-state index contributed by atoms with van der Waals surface area (Å²) in [5.74, 6) is 0.637. The number of carbonyl (C=O) groups is 1. The van der Waals surface area contributed by atoms with Crippen molar-refractivity contribution in [2.75, 3.05) is 13.1 Å². The van der Waals surface area contributed by atoms with E-state index in [1.54, 1.807) is 12.3 Å². The van der Waals surface area contributed by atoms with Crippen molar-refractivity contribution in [1.29, 1.82) is 0 Å². The second-order valence-corrected chi connectivity index (χ2v) is 6.06. The smallest absolute Gasteiger partial charge is 0.253 e. The van der Waals surface area contributed by atoms with E-state index in [4.69, 9.17) is 4.74 Å². The van der Waals surface area contributed by atoms with Crippen LogP contribution in [0.2, 0.25) is 0 Å². The van der Waals surface area contributed by atoms with Gasteiger partial charge in [-0.2, -0.15) is 0 Å². The lowest BCUT2D eigenvalue weighted by Crippen LogP contribution is -2.44. The number of nitrogens with zero attached hydrogens (tertiary/aromatic N) is 3. The van der Waals surface area contributed by atoms with E-state index >= 15 is 0 Å². The molecule has 0 radical (unpaired) electrons. The van der Waals surface area contributed by atoms with E-state index in [-0.39, 0.29) is 12.0 Å². The van der Waals surface area contributed by atoms with Crippen LogP contribution in [0.15, 0.2) is 36.8 Å². The lowest BCUT2D eigenvalue weighted by atomic mass is 10.0. The molecule has 23 heavy (non-hydrogen) atoms. The van der Waals surface area contributed by atoms with Crippen LogP contribution < -0.4 is 4.74 Å². The number of aromatic nitrogens is 2. The molecule has 1 aromatic heterocycles. The van der Waals surface area contributed by atoms with Gasteiger partial charge in [-0.25, -0.2) is 9.97 Å². The first kappa shape index (κ1) is 15.5. The minimum Gasteiger partial charge on any atom is -0.472 e. The Hall–Kier alpha value is -2.43. The Morgan fingerprint density at radius 1 is 1.26 bits per heavy atom. The first-order valence-corrected chi connectivity index (χ1v) is 7.92. The van der Waals surface area contributed by atoms with Crippen LogP contribution >= 0.6 is 0 Å². The van der Waals surface area contributed by atoms with Crippen molar-refractivity contribution in [1.82, 2.24) is 14.9 Å². The molecule has 1 aliphatic heterocycles. The van der Waals surface area contributed by atoms with Gasteiger partial charge in [0.25, 0.3) is 5.91 Å². The SMILES string of the molecule is Cc1cc(C)cc(C(=O)N2CCCC(Oc3ccncn3)C2)c1. The second kappa shape index (κ2) is 6.77. The largest absolute Gasteiger partial charge is 0.472 e. The number of hydrogen-bond donors (Lipinski definition) is 0. The van der Waals surface area contributed by atoms with Gasteiger partial charge in [0.1, 0.15) is 12.4 Å². The van der Waals surface area contributed by atoms with E-state index in [2.05, 4.69) is 16.0 Å². The predicted molar refractivity (Wildman–Crippen MR) is 87.5 cm³/mol. The van der Waals surface area contributed by atoms with Crippen LogP contribution in [0.3, 0.4) is 0 Å². The Labute approximate surface area is 136 Å². The fourth-order valence-electron chi connectivity index (χ4n) is 3.02. The molecule has 1 aliphatic rings. The molecule has 1 unspecified atom stereocenters. The molecule has 1 aromatic carbocycles. The van der Waals surface area contributed by atoms with Crippen molar-refractivity contribution in [3.05, 3.63) is 53.5 Å². The minimum atomic E-state index is -0.0199. The summed E-state index contributed by atoms with van der Waals surface area (Å²) in [5, 5.41) is 0. The number of benzene rings is 1. The Morgan fingerprint density at radius 3 is 2.74 bits per heavy atom. The summed E-state index contributed by atoms with van der Waals surface area (Å²) in [5.41, 5.74) is 2.98. The van der Waals surface area contributed by atoms with Crippen molar-refractivity contribution >= 4 is 5.91 Å². The minimum absolute atomic E-state index is 0.0199. The number of piperidine rings is 1. The molecule has 1 fully saturated rings.